The number of nitrogens with one attached hydrogen (secondary N) is 1. The molecule has 0 atom stereocenters. The molecule has 2 rings (SSSR count). The summed E-state index contributed by atoms with van der Waals surface area (Å²) in [5.41, 5.74) is 4.35. The van der Waals surface area contributed by atoms with Crippen molar-refractivity contribution in [2.24, 2.45) is 0 Å². The summed E-state index contributed by atoms with van der Waals surface area (Å²) in [6.07, 6.45) is 0.164. The van der Waals surface area contributed by atoms with Crippen LogP contribution in [0.5, 0.6) is 5.75 Å². The van der Waals surface area contributed by atoms with E-state index in [1.165, 1.54) is 18.9 Å². The highest BCUT2D eigenvalue weighted by atomic mass is 35.5. The van der Waals surface area contributed by atoms with Gasteiger partial charge in [0.05, 0.1) is 12.8 Å². The number of anilines is 2. The van der Waals surface area contributed by atoms with E-state index in [-0.39, 0.29) is 24.8 Å². The molecule has 6 heteroatoms. The monoisotopic (exact) mass is 388 g/mol. The van der Waals surface area contributed by atoms with Gasteiger partial charge >= 0.3 is 0 Å². The molecular weight excluding hydrogens is 364 g/mol. The maximum atomic E-state index is 12.4. The zero-order valence-electron chi connectivity index (χ0n) is 16.4. The molecule has 27 heavy (non-hydrogen) atoms. The van der Waals surface area contributed by atoms with E-state index in [4.69, 9.17) is 16.3 Å². The number of carbonyl (C=O) groups excluding carboxylic acids is 2. The molecule has 0 bridgehead atoms. The first-order chi connectivity index (χ1) is 12.7. The molecule has 144 valence electrons. The quantitative estimate of drug-likeness (QED) is 0.783. The minimum Gasteiger partial charge on any atom is -0.495 e. The molecule has 5 nitrogen and oxygen atoms in total. The molecule has 1 N–H and O–H groups in total. The Labute approximate surface area is 165 Å². The van der Waals surface area contributed by atoms with Crippen LogP contribution in [0.3, 0.4) is 0 Å². The maximum absolute atomic E-state index is 12.4. The van der Waals surface area contributed by atoms with Crippen molar-refractivity contribution in [3.63, 3.8) is 0 Å². The molecule has 0 aromatic heterocycles. The summed E-state index contributed by atoms with van der Waals surface area (Å²) in [4.78, 5) is 26.1. The van der Waals surface area contributed by atoms with E-state index in [2.05, 4.69) is 5.32 Å². The van der Waals surface area contributed by atoms with Crippen molar-refractivity contribution in [1.82, 2.24) is 0 Å². The van der Waals surface area contributed by atoms with Crippen LogP contribution in [0.15, 0.2) is 30.3 Å². The summed E-state index contributed by atoms with van der Waals surface area (Å²) < 4.78 is 5.36. The molecule has 2 amide bonds. The molecule has 0 spiro atoms. The van der Waals surface area contributed by atoms with Crippen LogP contribution in [0.2, 0.25) is 5.02 Å². The lowest BCUT2D eigenvalue weighted by atomic mass is 10.1. The van der Waals surface area contributed by atoms with Crippen molar-refractivity contribution in [3.8, 4) is 5.75 Å². The molecule has 0 saturated heterocycles. The summed E-state index contributed by atoms with van der Waals surface area (Å²) in [5.74, 6) is 0.167. The van der Waals surface area contributed by atoms with Crippen LogP contribution in [0, 0.1) is 20.8 Å². The number of aryl methyl sites for hydroxylation is 3. The van der Waals surface area contributed by atoms with E-state index in [1.54, 1.807) is 12.1 Å². The highest BCUT2D eigenvalue weighted by Gasteiger charge is 2.19. The van der Waals surface area contributed by atoms with Gasteiger partial charge in [0, 0.05) is 36.7 Å². The standard InChI is InChI=1S/C21H25ClN2O3/c1-13-8-14(2)10-17(9-13)23-21(26)6-7-24(16(4)25)19-11-15(3)18(22)12-20(19)27-5/h8-12H,6-7H2,1-5H3,(H,23,26). The van der Waals surface area contributed by atoms with Gasteiger partial charge in [0.1, 0.15) is 5.75 Å². The van der Waals surface area contributed by atoms with Gasteiger partial charge in [-0.3, -0.25) is 9.59 Å². The van der Waals surface area contributed by atoms with Crippen molar-refractivity contribution in [1.29, 1.82) is 0 Å². The Kier molecular flexibility index (Phi) is 6.86. The first-order valence-corrected chi connectivity index (χ1v) is 9.09. The Morgan fingerprint density at radius 1 is 1.07 bits per heavy atom. The van der Waals surface area contributed by atoms with E-state index in [0.29, 0.717) is 16.5 Å². The van der Waals surface area contributed by atoms with Gasteiger partial charge in [-0.2, -0.15) is 0 Å². The second-order valence-corrected chi connectivity index (χ2v) is 7.03. The molecule has 0 radical (unpaired) electrons. The number of carbonyl (C=O) groups is 2. The SMILES string of the molecule is COc1cc(Cl)c(C)cc1N(CCC(=O)Nc1cc(C)cc(C)c1)C(C)=O. The van der Waals surface area contributed by atoms with E-state index < -0.39 is 0 Å². The van der Waals surface area contributed by atoms with Gasteiger partial charge in [-0.05, 0) is 55.7 Å². The topological polar surface area (TPSA) is 58.6 Å². The number of amides is 2. The second-order valence-electron chi connectivity index (χ2n) is 6.62. The summed E-state index contributed by atoms with van der Waals surface area (Å²) in [5, 5.41) is 3.45. The lowest BCUT2D eigenvalue weighted by Gasteiger charge is -2.24. The zero-order chi connectivity index (χ0) is 20.1. The number of hydrogen-bond donors (Lipinski definition) is 1. The predicted octanol–water partition coefficient (Wildman–Crippen LogP) is 4.66. The Morgan fingerprint density at radius 2 is 1.70 bits per heavy atom. The fraction of sp³-hybridized carbons (Fsp3) is 0.333. The molecule has 0 fully saturated rings. The van der Waals surface area contributed by atoms with Crippen molar-refractivity contribution in [2.75, 3.05) is 23.9 Å². The van der Waals surface area contributed by atoms with E-state index in [9.17, 15) is 9.59 Å². The third kappa shape index (κ3) is 5.47. The first-order valence-electron chi connectivity index (χ1n) is 8.71. The van der Waals surface area contributed by atoms with Crippen LogP contribution in [-0.4, -0.2) is 25.5 Å². The first kappa shape index (κ1) is 20.8. The van der Waals surface area contributed by atoms with Crippen LogP contribution in [-0.2, 0) is 9.59 Å². The minimum absolute atomic E-state index is 0.157. The molecule has 2 aromatic rings. The fourth-order valence-corrected chi connectivity index (χ4v) is 3.11. The van der Waals surface area contributed by atoms with Crippen molar-refractivity contribution in [3.05, 3.63) is 52.0 Å². The normalized spacial score (nSPS) is 10.4. The van der Waals surface area contributed by atoms with E-state index >= 15 is 0 Å². The average Bonchev–Trinajstić information content (AvgIpc) is 2.56. The van der Waals surface area contributed by atoms with Gasteiger partial charge in [0.25, 0.3) is 0 Å². The number of nitrogens with zero attached hydrogens (tertiary/aromatic N) is 1. The molecule has 0 unspecified atom stereocenters. The van der Waals surface area contributed by atoms with Crippen LogP contribution in [0.4, 0.5) is 11.4 Å². The van der Waals surface area contributed by atoms with E-state index in [0.717, 1.165) is 22.4 Å². The van der Waals surface area contributed by atoms with Gasteiger partial charge in [0.15, 0.2) is 0 Å². The van der Waals surface area contributed by atoms with Crippen molar-refractivity contribution in [2.45, 2.75) is 34.1 Å². The average molecular weight is 389 g/mol. The Morgan fingerprint density at radius 3 is 2.26 bits per heavy atom. The molecule has 0 heterocycles. The van der Waals surface area contributed by atoms with Gasteiger partial charge in [0.2, 0.25) is 11.8 Å². The summed E-state index contributed by atoms with van der Waals surface area (Å²) in [6, 6.07) is 9.35. The van der Waals surface area contributed by atoms with Gasteiger partial charge in [-0.25, -0.2) is 0 Å². The number of ether oxygens (including phenoxy) is 1. The largest absolute Gasteiger partial charge is 0.495 e. The lowest BCUT2D eigenvalue weighted by molar-refractivity contribution is -0.117. The maximum Gasteiger partial charge on any atom is 0.226 e. The molecule has 0 aliphatic heterocycles. The van der Waals surface area contributed by atoms with Crippen LogP contribution in [0.1, 0.15) is 30.0 Å². The molecule has 0 saturated carbocycles. The van der Waals surface area contributed by atoms with Gasteiger partial charge in [-0.15, -0.1) is 0 Å². The number of methoxy groups -OCH3 is 1. The zero-order valence-corrected chi connectivity index (χ0v) is 17.1. The summed E-state index contributed by atoms with van der Waals surface area (Å²) >= 11 is 6.14. The van der Waals surface area contributed by atoms with Crippen LogP contribution < -0.4 is 15.0 Å². The van der Waals surface area contributed by atoms with Crippen LogP contribution >= 0.6 is 11.6 Å². The number of rotatable bonds is 6. The number of halogens is 1. The Hall–Kier alpha value is -2.53. The highest BCUT2D eigenvalue weighted by Crippen LogP contribution is 2.34. The highest BCUT2D eigenvalue weighted by molar-refractivity contribution is 6.31. The second kappa shape index (κ2) is 8.91. The smallest absolute Gasteiger partial charge is 0.226 e. The fourth-order valence-electron chi connectivity index (χ4n) is 2.95. The van der Waals surface area contributed by atoms with Crippen molar-refractivity contribution >= 4 is 34.8 Å². The lowest BCUT2D eigenvalue weighted by Crippen LogP contribution is -2.32. The summed E-state index contributed by atoms with van der Waals surface area (Å²) in [7, 11) is 1.52. The van der Waals surface area contributed by atoms with E-state index in [1.807, 2.05) is 39.0 Å². The third-order valence-corrected chi connectivity index (χ3v) is 4.61. The predicted molar refractivity (Wildman–Crippen MR) is 110 cm³/mol. The Balaban J connectivity index is 2.14. The van der Waals surface area contributed by atoms with Gasteiger partial charge in [-0.1, -0.05) is 17.7 Å². The number of hydrogen-bond acceptors (Lipinski definition) is 3. The minimum atomic E-state index is -0.172. The summed E-state index contributed by atoms with van der Waals surface area (Å²) in [6.45, 7) is 7.52. The molecular formula is C21H25ClN2O3. The molecule has 0 aliphatic rings. The molecule has 0 aliphatic carbocycles. The van der Waals surface area contributed by atoms with Crippen LogP contribution in [0.25, 0.3) is 0 Å². The van der Waals surface area contributed by atoms with Gasteiger partial charge < -0.3 is 15.0 Å². The third-order valence-electron chi connectivity index (χ3n) is 4.20. The molecule has 2 aromatic carbocycles. The number of benzene rings is 2. The van der Waals surface area contributed by atoms with Crippen molar-refractivity contribution < 1.29 is 14.3 Å². The Bertz CT molecular complexity index is 844.